The van der Waals surface area contributed by atoms with Crippen molar-refractivity contribution in [2.75, 3.05) is 45.7 Å². The molecule has 1 aliphatic heterocycles. The number of hydrogen-bond acceptors (Lipinski definition) is 4. The molecule has 0 aromatic heterocycles. The molecule has 156 valence electrons. The van der Waals surface area contributed by atoms with E-state index in [9.17, 15) is 8.78 Å². The largest absolute Gasteiger partial charge is 0.433 e. The maximum Gasteiger partial charge on any atom is 0.387 e. The number of nitrogens with one attached hydrogen (secondary N) is 2. The van der Waals surface area contributed by atoms with Gasteiger partial charge in [0.25, 0.3) is 0 Å². The number of nitrogens with zero attached hydrogens (tertiary/aromatic N) is 3. The van der Waals surface area contributed by atoms with Gasteiger partial charge in [-0.25, -0.2) is 0 Å². The zero-order chi connectivity index (χ0) is 20.1. The number of ether oxygens (including phenoxy) is 1. The van der Waals surface area contributed by atoms with Gasteiger partial charge in [-0.15, -0.1) is 0 Å². The van der Waals surface area contributed by atoms with Gasteiger partial charge < -0.3 is 25.2 Å². The number of guanidine groups is 1. The predicted octanol–water partition coefficient (Wildman–Crippen LogP) is 2.37. The van der Waals surface area contributed by atoms with E-state index in [0.717, 1.165) is 31.4 Å². The molecule has 8 heteroatoms. The average Bonchev–Trinajstić information content (AvgIpc) is 3.38. The molecule has 1 aromatic rings. The van der Waals surface area contributed by atoms with Crippen molar-refractivity contribution in [1.29, 1.82) is 0 Å². The number of rotatable bonds is 8. The Morgan fingerprint density at radius 2 is 2.04 bits per heavy atom. The van der Waals surface area contributed by atoms with E-state index in [4.69, 9.17) is 0 Å². The molecule has 1 saturated carbocycles. The van der Waals surface area contributed by atoms with Crippen LogP contribution in [0.15, 0.2) is 29.3 Å². The Labute approximate surface area is 165 Å². The van der Waals surface area contributed by atoms with Gasteiger partial charge in [0.15, 0.2) is 5.96 Å². The molecule has 2 atom stereocenters. The highest BCUT2D eigenvalue weighted by molar-refractivity contribution is 5.80. The van der Waals surface area contributed by atoms with E-state index in [1.807, 2.05) is 12.1 Å². The van der Waals surface area contributed by atoms with Gasteiger partial charge in [-0.3, -0.25) is 4.99 Å². The molecule has 2 aliphatic rings. The summed E-state index contributed by atoms with van der Waals surface area (Å²) in [6.07, 6.45) is 3.51. The van der Waals surface area contributed by atoms with E-state index in [1.165, 1.54) is 12.8 Å². The zero-order valence-electron chi connectivity index (χ0n) is 16.9. The van der Waals surface area contributed by atoms with Crippen LogP contribution in [0.1, 0.15) is 19.3 Å². The normalized spacial score (nSPS) is 21.3. The second kappa shape index (κ2) is 9.41. The third-order valence-corrected chi connectivity index (χ3v) is 5.48. The molecule has 1 aliphatic carbocycles. The summed E-state index contributed by atoms with van der Waals surface area (Å²) in [5.41, 5.74) is 0.705. The summed E-state index contributed by atoms with van der Waals surface area (Å²) in [6.45, 7) is -0.472. The zero-order valence-corrected chi connectivity index (χ0v) is 16.9. The number of hydrogen-bond donors (Lipinski definition) is 2. The van der Waals surface area contributed by atoms with Crippen molar-refractivity contribution in [2.45, 2.75) is 38.0 Å². The van der Waals surface area contributed by atoms with Crippen LogP contribution in [-0.4, -0.2) is 70.3 Å². The van der Waals surface area contributed by atoms with Gasteiger partial charge in [-0.05, 0) is 51.4 Å². The number of anilines is 1. The van der Waals surface area contributed by atoms with Gasteiger partial charge in [0, 0.05) is 38.8 Å². The Morgan fingerprint density at radius 3 is 2.68 bits per heavy atom. The van der Waals surface area contributed by atoms with Crippen LogP contribution < -0.4 is 20.3 Å². The third kappa shape index (κ3) is 5.47. The maximum absolute atomic E-state index is 12.7. The van der Waals surface area contributed by atoms with Crippen molar-refractivity contribution in [1.82, 2.24) is 15.5 Å². The molecule has 1 heterocycles. The van der Waals surface area contributed by atoms with Crippen LogP contribution in [0.5, 0.6) is 5.75 Å². The van der Waals surface area contributed by atoms with Crippen molar-refractivity contribution < 1.29 is 13.5 Å². The standard InChI is InChI=1S/C20H31F2N5O/c1-23-20(24-12-17(26(2)3)14-8-9-14)25-15-10-11-27(13-15)16-6-4-5-7-18(16)28-19(21)22/h4-7,14-15,17,19H,8-13H2,1-3H3,(H2,23,24,25). The molecule has 0 bridgehead atoms. The van der Waals surface area contributed by atoms with Crippen molar-refractivity contribution in [2.24, 2.45) is 10.9 Å². The first kappa shape index (κ1) is 20.6. The molecule has 0 spiro atoms. The molecule has 2 unspecified atom stereocenters. The quantitative estimate of drug-likeness (QED) is 0.523. The van der Waals surface area contributed by atoms with E-state index in [2.05, 4.69) is 44.3 Å². The summed E-state index contributed by atoms with van der Waals surface area (Å²) < 4.78 is 30.0. The Hall–Kier alpha value is -2.09. The predicted molar refractivity (Wildman–Crippen MR) is 108 cm³/mol. The van der Waals surface area contributed by atoms with Crippen molar-refractivity contribution in [3.8, 4) is 5.75 Å². The molecule has 28 heavy (non-hydrogen) atoms. The first-order chi connectivity index (χ1) is 13.5. The first-order valence-corrected chi connectivity index (χ1v) is 9.90. The van der Waals surface area contributed by atoms with Crippen LogP contribution in [0, 0.1) is 5.92 Å². The first-order valence-electron chi connectivity index (χ1n) is 9.90. The van der Waals surface area contributed by atoms with E-state index >= 15 is 0 Å². The lowest BCUT2D eigenvalue weighted by molar-refractivity contribution is -0.0495. The Morgan fingerprint density at radius 1 is 1.29 bits per heavy atom. The monoisotopic (exact) mass is 395 g/mol. The van der Waals surface area contributed by atoms with Crippen LogP contribution in [0.3, 0.4) is 0 Å². The highest BCUT2D eigenvalue weighted by Gasteiger charge is 2.33. The van der Waals surface area contributed by atoms with Gasteiger partial charge in [0.1, 0.15) is 5.75 Å². The summed E-state index contributed by atoms with van der Waals surface area (Å²) >= 11 is 0. The Balaban J connectivity index is 1.53. The topological polar surface area (TPSA) is 52.1 Å². The molecule has 3 rings (SSSR count). The lowest BCUT2D eigenvalue weighted by atomic mass is 10.1. The molecule has 2 fully saturated rings. The van der Waals surface area contributed by atoms with Crippen LogP contribution in [0.25, 0.3) is 0 Å². The van der Waals surface area contributed by atoms with Gasteiger partial charge in [-0.1, -0.05) is 12.1 Å². The number of likely N-dealkylation sites (N-methyl/N-ethyl adjacent to an activating group) is 1. The fraction of sp³-hybridized carbons (Fsp3) is 0.650. The second-order valence-electron chi connectivity index (χ2n) is 7.74. The van der Waals surface area contributed by atoms with E-state index in [0.29, 0.717) is 18.3 Å². The molecule has 6 nitrogen and oxygen atoms in total. The smallest absolute Gasteiger partial charge is 0.387 e. The number of alkyl halides is 2. The highest BCUT2D eigenvalue weighted by atomic mass is 19.3. The van der Waals surface area contributed by atoms with Crippen LogP contribution in [-0.2, 0) is 0 Å². The van der Waals surface area contributed by atoms with Gasteiger partial charge in [0.05, 0.1) is 5.69 Å². The minimum atomic E-state index is -2.82. The van der Waals surface area contributed by atoms with Crippen LogP contribution in [0.2, 0.25) is 0 Å². The fourth-order valence-corrected chi connectivity index (χ4v) is 3.85. The van der Waals surface area contributed by atoms with Gasteiger partial charge in [-0.2, -0.15) is 8.78 Å². The van der Waals surface area contributed by atoms with Crippen molar-refractivity contribution >= 4 is 11.6 Å². The summed E-state index contributed by atoms with van der Waals surface area (Å²) in [5.74, 6) is 1.78. The average molecular weight is 395 g/mol. The summed E-state index contributed by atoms with van der Waals surface area (Å²) in [7, 11) is 6.01. The third-order valence-electron chi connectivity index (χ3n) is 5.48. The van der Waals surface area contributed by atoms with Crippen molar-refractivity contribution in [3.63, 3.8) is 0 Å². The minimum Gasteiger partial charge on any atom is -0.433 e. The van der Waals surface area contributed by atoms with Crippen LogP contribution in [0.4, 0.5) is 14.5 Å². The number of para-hydroxylation sites is 2. The van der Waals surface area contributed by atoms with Crippen LogP contribution >= 0.6 is 0 Å². The fourth-order valence-electron chi connectivity index (χ4n) is 3.85. The molecule has 0 radical (unpaired) electrons. The lowest BCUT2D eigenvalue weighted by Gasteiger charge is -2.26. The molecular weight excluding hydrogens is 364 g/mol. The summed E-state index contributed by atoms with van der Waals surface area (Å²) in [5, 5.41) is 6.91. The van der Waals surface area contributed by atoms with Gasteiger partial charge in [0.2, 0.25) is 0 Å². The maximum atomic E-state index is 12.7. The SMILES string of the molecule is CN=C(NCC(C1CC1)N(C)C)NC1CCN(c2ccccc2OC(F)F)C1. The van der Waals surface area contributed by atoms with E-state index in [1.54, 1.807) is 19.2 Å². The Bertz CT molecular complexity index is 664. The summed E-state index contributed by atoms with van der Waals surface area (Å²) in [6, 6.07) is 7.67. The Kier molecular flexibility index (Phi) is 6.93. The molecule has 2 N–H and O–H groups in total. The molecule has 0 amide bonds. The summed E-state index contributed by atoms with van der Waals surface area (Å²) in [4.78, 5) is 8.70. The molecule has 1 aromatic carbocycles. The number of aliphatic imine (C=N–C) groups is 1. The lowest BCUT2D eigenvalue weighted by Crippen LogP contribution is -2.49. The van der Waals surface area contributed by atoms with E-state index < -0.39 is 6.61 Å². The molecular formula is C20H31F2N5O. The minimum absolute atomic E-state index is 0.199. The number of benzene rings is 1. The van der Waals surface area contributed by atoms with E-state index in [-0.39, 0.29) is 11.8 Å². The number of halogens is 2. The van der Waals surface area contributed by atoms with Gasteiger partial charge >= 0.3 is 6.61 Å². The highest BCUT2D eigenvalue weighted by Crippen LogP contribution is 2.34. The van der Waals surface area contributed by atoms with Crippen molar-refractivity contribution in [3.05, 3.63) is 24.3 Å². The molecule has 1 saturated heterocycles. The second-order valence-corrected chi connectivity index (χ2v) is 7.74.